The summed E-state index contributed by atoms with van der Waals surface area (Å²) >= 11 is 3.37. The van der Waals surface area contributed by atoms with E-state index in [1.165, 1.54) is 0 Å². The van der Waals surface area contributed by atoms with Crippen molar-refractivity contribution in [2.45, 2.75) is 18.9 Å². The average Bonchev–Trinajstić information content (AvgIpc) is 2.25. The number of hydrogen-bond donors (Lipinski definition) is 3. The molecule has 1 rings (SSSR count). The van der Waals surface area contributed by atoms with Crippen LogP contribution in [-0.4, -0.2) is 28.8 Å². The van der Waals surface area contributed by atoms with E-state index in [1.807, 2.05) is 24.3 Å². The predicted octanol–water partition coefficient (Wildman–Crippen LogP) is 2.09. The lowest BCUT2D eigenvalue weighted by molar-refractivity contribution is -0.137. The van der Waals surface area contributed by atoms with Gasteiger partial charge in [0.05, 0.1) is 6.10 Å². The summed E-state index contributed by atoms with van der Waals surface area (Å²) in [5.74, 6) is -0.889. The van der Waals surface area contributed by atoms with Crippen molar-refractivity contribution in [1.29, 1.82) is 0 Å². The molecule has 1 atom stereocenters. The van der Waals surface area contributed by atoms with Crippen molar-refractivity contribution in [2.24, 2.45) is 0 Å². The van der Waals surface area contributed by atoms with Crippen LogP contribution in [0.2, 0.25) is 0 Å². The highest BCUT2D eigenvalue weighted by Crippen LogP contribution is 2.21. The van der Waals surface area contributed by atoms with Gasteiger partial charge in [-0.1, -0.05) is 12.1 Å². The Labute approximate surface area is 102 Å². The molecule has 1 aromatic rings. The van der Waals surface area contributed by atoms with Crippen molar-refractivity contribution in [3.05, 3.63) is 28.7 Å². The number of aliphatic hydroxyl groups excluding tert-OH is 1. The van der Waals surface area contributed by atoms with E-state index < -0.39 is 12.1 Å². The topological polar surface area (TPSA) is 69.6 Å². The number of carboxylic acids is 1. The number of aliphatic hydroxyl groups is 1. The van der Waals surface area contributed by atoms with Gasteiger partial charge in [0, 0.05) is 23.1 Å². The smallest absolute Gasteiger partial charge is 0.303 e. The zero-order valence-corrected chi connectivity index (χ0v) is 10.3. The highest BCUT2D eigenvalue weighted by molar-refractivity contribution is 9.10. The van der Waals surface area contributed by atoms with Gasteiger partial charge in [-0.3, -0.25) is 4.79 Å². The molecule has 16 heavy (non-hydrogen) atoms. The first-order valence-corrected chi connectivity index (χ1v) is 5.77. The Hall–Kier alpha value is -1.07. The Morgan fingerprint density at radius 2 is 2.12 bits per heavy atom. The number of rotatable bonds is 6. The largest absolute Gasteiger partial charge is 0.481 e. The van der Waals surface area contributed by atoms with Gasteiger partial charge in [0.15, 0.2) is 0 Å². The van der Waals surface area contributed by atoms with Crippen LogP contribution in [0.5, 0.6) is 0 Å². The second-order valence-corrected chi connectivity index (χ2v) is 4.30. The number of halogens is 1. The molecule has 0 aliphatic carbocycles. The van der Waals surface area contributed by atoms with E-state index in [4.69, 9.17) is 5.11 Å². The molecule has 0 aromatic heterocycles. The first-order chi connectivity index (χ1) is 7.59. The van der Waals surface area contributed by atoms with E-state index in [9.17, 15) is 9.90 Å². The average molecular weight is 288 g/mol. The summed E-state index contributed by atoms with van der Waals surface area (Å²) < 4.78 is 0.917. The van der Waals surface area contributed by atoms with Gasteiger partial charge < -0.3 is 15.5 Å². The van der Waals surface area contributed by atoms with Gasteiger partial charge in [-0.05, 0) is 34.5 Å². The second-order valence-electron chi connectivity index (χ2n) is 3.45. The number of carbonyl (C=O) groups is 1. The third kappa shape index (κ3) is 4.63. The summed E-state index contributed by atoms with van der Waals surface area (Å²) in [7, 11) is 0. The van der Waals surface area contributed by atoms with Crippen LogP contribution in [0.1, 0.15) is 12.8 Å². The fourth-order valence-electron chi connectivity index (χ4n) is 1.22. The molecular formula is C11H14BrNO3. The van der Waals surface area contributed by atoms with Crippen LogP contribution in [-0.2, 0) is 4.79 Å². The molecule has 0 aliphatic rings. The lowest BCUT2D eigenvalue weighted by atomic mass is 10.2. The van der Waals surface area contributed by atoms with E-state index in [0.717, 1.165) is 10.2 Å². The van der Waals surface area contributed by atoms with Crippen LogP contribution in [0.4, 0.5) is 5.69 Å². The highest BCUT2D eigenvalue weighted by Gasteiger charge is 2.07. The van der Waals surface area contributed by atoms with Crippen molar-refractivity contribution in [3.8, 4) is 0 Å². The van der Waals surface area contributed by atoms with E-state index in [2.05, 4.69) is 21.2 Å². The Morgan fingerprint density at radius 1 is 1.44 bits per heavy atom. The molecule has 0 spiro atoms. The van der Waals surface area contributed by atoms with Crippen molar-refractivity contribution in [1.82, 2.24) is 0 Å². The summed E-state index contributed by atoms with van der Waals surface area (Å²) in [6.07, 6.45) is -0.408. The zero-order chi connectivity index (χ0) is 12.0. The first kappa shape index (κ1) is 13.0. The van der Waals surface area contributed by atoms with Gasteiger partial charge in [0.1, 0.15) is 0 Å². The molecule has 0 saturated heterocycles. The normalized spacial score (nSPS) is 12.1. The van der Waals surface area contributed by atoms with E-state index in [0.29, 0.717) is 6.54 Å². The van der Waals surface area contributed by atoms with E-state index in [-0.39, 0.29) is 12.8 Å². The predicted molar refractivity (Wildman–Crippen MR) is 65.5 cm³/mol. The molecule has 3 N–H and O–H groups in total. The molecule has 0 fully saturated rings. The van der Waals surface area contributed by atoms with Gasteiger partial charge in [0.25, 0.3) is 0 Å². The fourth-order valence-corrected chi connectivity index (χ4v) is 1.65. The molecule has 4 nitrogen and oxygen atoms in total. The maximum absolute atomic E-state index is 10.3. The molecule has 1 aromatic carbocycles. The lowest BCUT2D eigenvalue weighted by Crippen LogP contribution is -2.20. The number of carboxylic acid groups (broad SMARTS) is 1. The number of aliphatic carboxylic acids is 1. The van der Waals surface area contributed by atoms with Gasteiger partial charge >= 0.3 is 5.97 Å². The second kappa shape index (κ2) is 6.50. The molecule has 0 saturated carbocycles. The fraction of sp³-hybridized carbons (Fsp3) is 0.364. The quantitative estimate of drug-likeness (QED) is 0.749. The number of anilines is 1. The van der Waals surface area contributed by atoms with Gasteiger partial charge in [0.2, 0.25) is 0 Å². The third-order valence-corrected chi connectivity index (χ3v) is 2.78. The van der Waals surface area contributed by atoms with Crippen molar-refractivity contribution >= 4 is 27.6 Å². The maximum Gasteiger partial charge on any atom is 0.303 e. The summed E-state index contributed by atoms with van der Waals surface area (Å²) in [4.78, 5) is 10.3. The first-order valence-electron chi connectivity index (χ1n) is 4.98. The maximum atomic E-state index is 10.3. The van der Waals surface area contributed by atoms with Crippen LogP contribution in [0.15, 0.2) is 28.7 Å². The molecule has 0 heterocycles. The number of benzene rings is 1. The Morgan fingerprint density at radius 3 is 2.75 bits per heavy atom. The van der Waals surface area contributed by atoms with Crippen LogP contribution in [0.3, 0.4) is 0 Å². The molecule has 0 amide bonds. The van der Waals surface area contributed by atoms with Crippen LogP contribution < -0.4 is 5.32 Å². The van der Waals surface area contributed by atoms with Crippen molar-refractivity contribution in [3.63, 3.8) is 0 Å². The standard InChI is InChI=1S/C11H14BrNO3/c12-9-3-1-2-4-10(9)13-7-8(14)5-6-11(15)16/h1-4,8,13-14H,5-7H2,(H,15,16). The monoisotopic (exact) mass is 287 g/mol. The molecule has 0 bridgehead atoms. The highest BCUT2D eigenvalue weighted by atomic mass is 79.9. The summed E-state index contributed by atoms with van der Waals surface area (Å²) in [5.41, 5.74) is 0.886. The summed E-state index contributed by atoms with van der Waals surface area (Å²) in [6.45, 7) is 0.343. The van der Waals surface area contributed by atoms with Crippen LogP contribution in [0.25, 0.3) is 0 Å². The molecule has 0 aliphatic heterocycles. The summed E-state index contributed by atoms with van der Waals surface area (Å²) in [6, 6.07) is 7.56. The number of nitrogens with one attached hydrogen (secondary N) is 1. The molecule has 0 radical (unpaired) electrons. The minimum Gasteiger partial charge on any atom is -0.481 e. The van der Waals surface area contributed by atoms with Crippen molar-refractivity contribution < 1.29 is 15.0 Å². The Kier molecular flexibility index (Phi) is 5.28. The lowest BCUT2D eigenvalue weighted by Gasteiger charge is -2.12. The minimum atomic E-state index is -0.889. The van der Waals surface area contributed by atoms with Gasteiger partial charge in [-0.2, -0.15) is 0 Å². The molecule has 88 valence electrons. The van der Waals surface area contributed by atoms with Gasteiger partial charge in [-0.15, -0.1) is 0 Å². The molecular weight excluding hydrogens is 274 g/mol. The van der Waals surface area contributed by atoms with Crippen LogP contribution in [0, 0.1) is 0 Å². The van der Waals surface area contributed by atoms with E-state index in [1.54, 1.807) is 0 Å². The Balaban J connectivity index is 2.34. The molecule has 1 unspecified atom stereocenters. The summed E-state index contributed by atoms with van der Waals surface area (Å²) in [5, 5.41) is 21.0. The Bertz CT molecular complexity index is 357. The zero-order valence-electron chi connectivity index (χ0n) is 8.69. The van der Waals surface area contributed by atoms with Crippen molar-refractivity contribution in [2.75, 3.05) is 11.9 Å². The number of hydrogen-bond acceptors (Lipinski definition) is 3. The minimum absolute atomic E-state index is 0.0151. The number of para-hydroxylation sites is 1. The SMILES string of the molecule is O=C(O)CCC(O)CNc1ccccc1Br. The third-order valence-electron chi connectivity index (χ3n) is 2.09. The van der Waals surface area contributed by atoms with E-state index >= 15 is 0 Å². The molecule has 5 heteroatoms. The van der Waals surface area contributed by atoms with Crippen LogP contribution >= 0.6 is 15.9 Å². The van der Waals surface area contributed by atoms with Gasteiger partial charge in [-0.25, -0.2) is 0 Å².